The number of thioether (sulfide) groups is 1. The molecule has 0 aromatic rings. The molecule has 18 heavy (non-hydrogen) atoms. The number of amides is 2. The highest BCUT2D eigenvalue weighted by Crippen LogP contribution is 2.39. The van der Waals surface area contributed by atoms with Crippen LogP contribution in [0.25, 0.3) is 0 Å². The second kappa shape index (κ2) is 6.18. The summed E-state index contributed by atoms with van der Waals surface area (Å²) < 4.78 is 0.318. The minimum absolute atomic E-state index is 0.155. The molecular weight excluding hydrogens is 244 g/mol. The van der Waals surface area contributed by atoms with E-state index < -0.39 is 0 Å². The number of carbonyl (C=O) groups is 1. The van der Waals surface area contributed by atoms with E-state index in [4.69, 9.17) is 0 Å². The van der Waals surface area contributed by atoms with Gasteiger partial charge in [0.2, 0.25) is 0 Å². The van der Waals surface area contributed by atoms with Gasteiger partial charge in [0.05, 0.1) is 0 Å². The molecule has 2 aliphatic rings. The minimum atomic E-state index is 0.155. The summed E-state index contributed by atoms with van der Waals surface area (Å²) in [6, 6.07) is 0.155. The van der Waals surface area contributed by atoms with Crippen LogP contribution in [0.2, 0.25) is 0 Å². The Balaban J connectivity index is 1.77. The molecule has 1 aliphatic heterocycles. The largest absolute Gasteiger partial charge is 0.337 e. The Hall–Kier alpha value is -0.380. The number of nitrogens with one attached hydrogen (secondary N) is 1. The molecule has 2 fully saturated rings. The van der Waals surface area contributed by atoms with Crippen LogP contribution in [0, 0.1) is 5.92 Å². The maximum absolute atomic E-state index is 12.1. The molecule has 0 unspecified atom stereocenters. The highest BCUT2D eigenvalue weighted by atomic mass is 32.2. The quantitative estimate of drug-likeness (QED) is 0.854. The molecule has 0 spiro atoms. The number of carbonyl (C=O) groups excluding carboxylic acids is 1. The number of nitrogens with zero attached hydrogens (tertiary/aromatic N) is 1. The Morgan fingerprint density at radius 1 is 1.33 bits per heavy atom. The predicted molar refractivity (Wildman–Crippen MR) is 78.1 cm³/mol. The monoisotopic (exact) mass is 270 g/mol. The lowest BCUT2D eigenvalue weighted by Crippen LogP contribution is -2.48. The third kappa shape index (κ3) is 3.34. The van der Waals surface area contributed by atoms with Crippen molar-refractivity contribution in [3.05, 3.63) is 0 Å². The predicted octanol–water partition coefficient (Wildman–Crippen LogP) is 3.10. The van der Waals surface area contributed by atoms with Crippen molar-refractivity contribution in [3.8, 4) is 0 Å². The molecule has 1 saturated carbocycles. The lowest BCUT2D eigenvalue weighted by Gasteiger charge is -2.33. The zero-order chi connectivity index (χ0) is 13.0. The van der Waals surface area contributed by atoms with Crippen molar-refractivity contribution in [3.63, 3.8) is 0 Å². The van der Waals surface area contributed by atoms with Gasteiger partial charge >= 0.3 is 6.03 Å². The van der Waals surface area contributed by atoms with Gasteiger partial charge in [-0.3, -0.25) is 0 Å². The van der Waals surface area contributed by atoms with Gasteiger partial charge in [0.1, 0.15) is 0 Å². The van der Waals surface area contributed by atoms with Gasteiger partial charge in [0, 0.05) is 24.4 Å². The molecule has 104 valence electrons. The molecule has 3 nitrogen and oxygen atoms in total. The summed E-state index contributed by atoms with van der Waals surface area (Å²) in [5, 5.41) is 3.17. The van der Waals surface area contributed by atoms with E-state index in [1.54, 1.807) is 0 Å². The van der Waals surface area contributed by atoms with Crippen molar-refractivity contribution in [1.29, 1.82) is 0 Å². The Morgan fingerprint density at radius 2 is 1.94 bits per heavy atom. The van der Waals surface area contributed by atoms with Crippen LogP contribution in [-0.2, 0) is 0 Å². The SMILES string of the molecule is CSC1(CNC(=O)N2CCC(C)CC2)CCCC1. The lowest BCUT2D eigenvalue weighted by molar-refractivity contribution is 0.173. The Bertz CT molecular complexity index is 282. The summed E-state index contributed by atoms with van der Waals surface area (Å²) >= 11 is 1.94. The maximum atomic E-state index is 12.1. The fourth-order valence-corrected chi connectivity index (χ4v) is 3.95. The molecule has 1 aliphatic carbocycles. The smallest absolute Gasteiger partial charge is 0.317 e. The molecule has 0 atom stereocenters. The highest BCUT2D eigenvalue weighted by molar-refractivity contribution is 8.00. The molecular formula is C14H26N2OS. The van der Waals surface area contributed by atoms with Crippen molar-refractivity contribution >= 4 is 17.8 Å². The zero-order valence-corrected chi connectivity index (χ0v) is 12.5. The van der Waals surface area contributed by atoms with E-state index >= 15 is 0 Å². The molecule has 1 heterocycles. The molecule has 0 aromatic carbocycles. The Kier molecular flexibility index (Phi) is 4.82. The number of piperidine rings is 1. The van der Waals surface area contributed by atoms with Gasteiger partial charge in [-0.25, -0.2) is 4.79 Å². The molecule has 1 saturated heterocycles. The van der Waals surface area contributed by atoms with Crippen molar-refractivity contribution in [1.82, 2.24) is 10.2 Å². The van der Waals surface area contributed by atoms with Crippen LogP contribution in [-0.4, -0.2) is 41.6 Å². The van der Waals surface area contributed by atoms with E-state index in [9.17, 15) is 4.79 Å². The second-order valence-corrected chi connectivity index (χ2v) is 7.20. The van der Waals surface area contributed by atoms with Crippen LogP contribution in [0.5, 0.6) is 0 Å². The van der Waals surface area contributed by atoms with Crippen molar-refractivity contribution in [2.24, 2.45) is 5.92 Å². The van der Waals surface area contributed by atoms with Gasteiger partial charge < -0.3 is 10.2 Å². The molecule has 2 rings (SSSR count). The van der Waals surface area contributed by atoms with Crippen LogP contribution in [0.4, 0.5) is 4.79 Å². The molecule has 0 radical (unpaired) electrons. The highest BCUT2D eigenvalue weighted by Gasteiger charge is 2.33. The first-order valence-electron chi connectivity index (χ1n) is 7.23. The summed E-state index contributed by atoms with van der Waals surface area (Å²) in [6.45, 7) is 4.98. The summed E-state index contributed by atoms with van der Waals surface area (Å²) in [4.78, 5) is 14.1. The van der Waals surface area contributed by atoms with E-state index in [-0.39, 0.29) is 6.03 Å². The van der Waals surface area contributed by atoms with Crippen LogP contribution < -0.4 is 5.32 Å². The molecule has 0 bridgehead atoms. The molecule has 2 amide bonds. The summed E-state index contributed by atoms with van der Waals surface area (Å²) in [5.41, 5.74) is 0. The summed E-state index contributed by atoms with van der Waals surface area (Å²) in [6.07, 6.45) is 9.63. The van der Waals surface area contributed by atoms with E-state index in [1.807, 2.05) is 16.7 Å². The molecule has 4 heteroatoms. The van der Waals surface area contributed by atoms with Gasteiger partial charge in [-0.15, -0.1) is 0 Å². The van der Waals surface area contributed by atoms with Gasteiger partial charge in [-0.05, 0) is 37.9 Å². The van der Waals surface area contributed by atoms with E-state index in [0.29, 0.717) is 4.75 Å². The summed E-state index contributed by atoms with van der Waals surface area (Å²) in [5.74, 6) is 0.779. The first-order valence-corrected chi connectivity index (χ1v) is 8.46. The van der Waals surface area contributed by atoms with Crippen LogP contribution in [0.15, 0.2) is 0 Å². The third-order valence-corrected chi connectivity index (χ3v) is 6.00. The van der Waals surface area contributed by atoms with E-state index in [1.165, 1.54) is 25.7 Å². The molecule has 1 N–H and O–H groups in total. The second-order valence-electron chi connectivity index (χ2n) is 5.92. The van der Waals surface area contributed by atoms with Crippen LogP contribution in [0.3, 0.4) is 0 Å². The standard InChI is InChI=1S/C14H26N2OS/c1-12-5-9-16(10-6-12)13(17)15-11-14(18-2)7-3-4-8-14/h12H,3-11H2,1-2H3,(H,15,17). The van der Waals surface area contributed by atoms with Gasteiger partial charge in [0.25, 0.3) is 0 Å². The average molecular weight is 270 g/mol. The van der Waals surface area contributed by atoms with Crippen LogP contribution in [0.1, 0.15) is 45.4 Å². The number of likely N-dealkylation sites (tertiary alicyclic amines) is 1. The normalized spacial score (nSPS) is 24.2. The van der Waals surface area contributed by atoms with E-state index in [0.717, 1.165) is 38.4 Å². The maximum Gasteiger partial charge on any atom is 0.317 e. The summed E-state index contributed by atoms with van der Waals surface area (Å²) in [7, 11) is 0. The van der Waals surface area contributed by atoms with Crippen molar-refractivity contribution in [2.45, 2.75) is 50.2 Å². The Labute approximate surface area is 115 Å². The van der Waals surface area contributed by atoms with E-state index in [2.05, 4.69) is 18.5 Å². The number of urea groups is 1. The lowest BCUT2D eigenvalue weighted by atomic mass is 10.00. The van der Waals surface area contributed by atoms with Gasteiger partial charge in [0.15, 0.2) is 0 Å². The van der Waals surface area contributed by atoms with Gasteiger partial charge in [-0.1, -0.05) is 19.8 Å². The first kappa shape index (κ1) is 14.0. The fraction of sp³-hybridized carbons (Fsp3) is 0.929. The van der Waals surface area contributed by atoms with Crippen molar-refractivity contribution < 1.29 is 4.79 Å². The number of hydrogen-bond acceptors (Lipinski definition) is 2. The third-order valence-electron chi connectivity index (χ3n) is 4.58. The molecule has 0 aromatic heterocycles. The first-order chi connectivity index (χ1) is 8.65. The average Bonchev–Trinajstić information content (AvgIpc) is 2.86. The topological polar surface area (TPSA) is 32.3 Å². The fourth-order valence-electron chi connectivity index (χ4n) is 3.03. The van der Waals surface area contributed by atoms with Crippen molar-refractivity contribution in [2.75, 3.05) is 25.9 Å². The van der Waals surface area contributed by atoms with Gasteiger partial charge in [-0.2, -0.15) is 11.8 Å². The Morgan fingerprint density at radius 3 is 2.50 bits per heavy atom. The minimum Gasteiger partial charge on any atom is -0.337 e. The van der Waals surface area contributed by atoms with Crippen LogP contribution >= 0.6 is 11.8 Å². The zero-order valence-electron chi connectivity index (χ0n) is 11.7. The number of rotatable bonds is 3. The number of hydrogen-bond donors (Lipinski definition) is 1.